The van der Waals surface area contributed by atoms with Crippen molar-refractivity contribution in [3.63, 3.8) is 0 Å². The maximum Gasteiger partial charge on any atom is 0.338 e. The molecule has 0 spiro atoms. The Labute approximate surface area is 203 Å². The summed E-state index contributed by atoms with van der Waals surface area (Å²) in [6, 6.07) is 15.2. The average molecular weight is 491 g/mol. The Kier molecular flexibility index (Phi) is 5.93. The van der Waals surface area contributed by atoms with Crippen molar-refractivity contribution in [3.05, 3.63) is 95.3 Å². The number of thiazole rings is 1. The van der Waals surface area contributed by atoms with E-state index in [1.165, 1.54) is 22.7 Å². The molecule has 0 saturated carbocycles. The molecule has 0 radical (unpaired) electrons. The minimum atomic E-state index is -0.577. The zero-order valence-corrected chi connectivity index (χ0v) is 20.5. The molecule has 0 saturated heterocycles. The molecular formula is C26H22N2O4S2. The zero-order valence-electron chi connectivity index (χ0n) is 18.9. The number of thiophene rings is 1. The minimum absolute atomic E-state index is 0.202. The summed E-state index contributed by atoms with van der Waals surface area (Å²) < 4.78 is 13.1. The second kappa shape index (κ2) is 9.04. The number of ether oxygens (including phenoxy) is 2. The van der Waals surface area contributed by atoms with E-state index in [2.05, 4.69) is 4.99 Å². The van der Waals surface area contributed by atoms with Crippen LogP contribution in [-0.2, 0) is 9.53 Å². The number of carbonyl (C=O) groups excluding carboxylic acids is 1. The van der Waals surface area contributed by atoms with Gasteiger partial charge in [-0.25, -0.2) is 9.79 Å². The van der Waals surface area contributed by atoms with Crippen LogP contribution in [0.5, 0.6) is 5.75 Å². The van der Waals surface area contributed by atoms with Crippen molar-refractivity contribution in [2.45, 2.75) is 19.9 Å². The van der Waals surface area contributed by atoms with Crippen LogP contribution in [0.25, 0.3) is 16.8 Å². The monoisotopic (exact) mass is 490 g/mol. The van der Waals surface area contributed by atoms with E-state index in [1.54, 1.807) is 25.5 Å². The van der Waals surface area contributed by atoms with E-state index >= 15 is 0 Å². The Balaban J connectivity index is 1.77. The van der Waals surface area contributed by atoms with Gasteiger partial charge in [0.2, 0.25) is 0 Å². The number of fused-ring (bicyclic) bond motifs is 2. The zero-order chi connectivity index (χ0) is 23.8. The summed E-state index contributed by atoms with van der Waals surface area (Å²) in [5, 5.41) is 3.98. The van der Waals surface area contributed by atoms with Gasteiger partial charge in [0.1, 0.15) is 11.8 Å². The molecule has 172 valence electrons. The van der Waals surface area contributed by atoms with E-state index in [1.807, 2.05) is 60.0 Å². The first-order valence-electron chi connectivity index (χ1n) is 10.8. The van der Waals surface area contributed by atoms with Gasteiger partial charge in [0.15, 0.2) is 4.80 Å². The SMILES string of the molecule is CCOC(=O)C1=C(C)N=c2sc(=Cc3c(OC)ccc4ccccc34)c(=O)n2[C@H]1c1cccs1. The van der Waals surface area contributed by atoms with Crippen LogP contribution in [0.4, 0.5) is 0 Å². The van der Waals surface area contributed by atoms with E-state index in [-0.39, 0.29) is 12.2 Å². The summed E-state index contributed by atoms with van der Waals surface area (Å²) in [5.74, 6) is 0.231. The summed E-state index contributed by atoms with van der Waals surface area (Å²) in [5.41, 5.74) is 1.59. The lowest BCUT2D eigenvalue weighted by Crippen LogP contribution is -2.39. The summed E-state index contributed by atoms with van der Waals surface area (Å²) in [6.07, 6.45) is 1.86. The molecule has 34 heavy (non-hydrogen) atoms. The van der Waals surface area contributed by atoms with E-state index in [0.29, 0.717) is 26.4 Å². The highest BCUT2D eigenvalue weighted by Crippen LogP contribution is 2.33. The molecule has 0 fully saturated rings. The van der Waals surface area contributed by atoms with Gasteiger partial charge in [0.25, 0.3) is 5.56 Å². The van der Waals surface area contributed by atoms with Gasteiger partial charge in [0.05, 0.1) is 29.5 Å². The van der Waals surface area contributed by atoms with Gasteiger partial charge >= 0.3 is 5.97 Å². The van der Waals surface area contributed by atoms with Crippen molar-refractivity contribution in [2.24, 2.45) is 4.99 Å². The van der Waals surface area contributed by atoms with Gasteiger partial charge in [-0.15, -0.1) is 11.3 Å². The topological polar surface area (TPSA) is 69.9 Å². The lowest BCUT2D eigenvalue weighted by atomic mass is 10.0. The highest BCUT2D eigenvalue weighted by molar-refractivity contribution is 7.10. The van der Waals surface area contributed by atoms with Crippen molar-refractivity contribution >= 4 is 45.5 Å². The van der Waals surface area contributed by atoms with Crippen LogP contribution < -0.4 is 19.6 Å². The fourth-order valence-electron chi connectivity index (χ4n) is 4.24. The number of carbonyl (C=O) groups is 1. The van der Waals surface area contributed by atoms with E-state index in [0.717, 1.165) is 21.2 Å². The molecule has 1 aliphatic heterocycles. The summed E-state index contributed by atoms with van der Waals surface area (Å²) in [4.78, 5) is 32.7. The number of aromatic nitrogens is 1. The normalized spacial score (nSPS) is 15.9. The molecule has 1 atom stereocenters. The minimum Gasteiger partial charge on any atom is -0.496 e. The molecule has 0 aliphatic carbocycles. The van der Waals surface area contributed by atoms with Gasteiger partial charge < -0.3 is 9.47 Å². The van der Waals surface area contributed by atoms with Crippen molar-refractivity contribution in [1.82, 2.24) is 4.57 Å². The summed E-state index contributed by atoms with van der Waals surface area (Å²) >= 11 is 2.80. The fourth-order valence-corrected chi connectivity index (χ4v) is 6.09. The number of benzene rings is 2. The Hall–Kier alpha value is -3.49. The highest BCUT2D eigenvalue weighted by atomic mass is 32.1. The third kappa shape index (κ3) is 3.69. The predicted molar refractivity (Wildman–Crippen MR) is 135 cm³/mol. The number of allylic oxidation sites excluding steroid dienone is 1. The standard InChI is InChI=1S/C26H22N2O4S2/c1-4-32-25(30)22-15(2)27-26-28(23(22)20-10-7-13-33-20)24(29)21(34-26)14-18-17-9-6-5-8-16(17)11-12-19(18)31-3/h5-14,23H,4H2,1-3H3/t23-/m0/s1. The molecule has 6 nitrogen and oxygen atoms in total. The Bertz CT molecular complexity index is 1610. The van der Waals surface area contributed by atoms with Gasteiger partial charge in [-0.1, -0.05) is 47.7 Å². The van der Waals surface area contributed by atoms with Crippen molar-refractivity contribution < 1.29 is 14.3 Å². The van der Waals surface area contributed by atoms with Crippen molar-refractivity contribution in [3.8, 4) is 5.75 Å². The van der Waals surface area contributed by atoms with Gasteiger partial charge in [0, 0.05) is 10.4 Å². The van der Waals surface area contributed by atoms with E-state index < -0.39 is 12.0 Å². The number of esters is 1. The maximum atomic E-state index is 13.8. The lowest BCUT2D eigenvalue weighted by Gasteiger charge is -2.23. The van der Waals surface area contributed by atoms with Gasteiger partial charge in [-0.05, 0) is 48.2 Å². The number of nitrogens with zero attached hydrogens (tertiary/aromatic N) is 2. The molecule has 0 unspecified atom stereocenters. The number of hydrogen-bond acceptors (Lipinski definition) is 7. The van der Waals surface area contributed by atoms with Gasteiger partial charge in [-0.2, -0.15) is 0 Å². The largest absolute Gasteiger partial charge is 0.496 e. The first kappa shape index (κ1) is 22.3. The molecule has 0 amide bonds. The molecule has 5 rings (SSSR count). The maximum absolute atomic E-state index is 13.8. The number of hydrogen-bond donors (Lipinski definition) is 0. The third-order valence-electron chi connectivity index (χ3n) is 5.76. The Morgan fingerprint density at radius 1 is 1.18 bits per heavy atom. The molecule has 2 aromatic heterocycles. The average Bonchev–Trinajstić information content (AvgIpc) is 3.47. The molecule has 2 aromatic carbocycles. The van der Waals surface area contributed by atoms with Gasteiger partial charge in [-0.3, -0.25) is 9.36 Å². The van der Waals surface area contributed by atoms with Crippen molar-refractivity contribution in [1.29, 1.82) is 0 Å². The van der Waals surface area contributed by atoms with Crippen LogP contribution in [-0.4, -0.2) is 24.3 Å². The molecular weight excluding hydrogens is 468 g/mol. The fraction of sp³-hybridized carbons (Fsp3) is 0.192. The van der Waals surface area contributed by atoms with Crippen LogP contribution in [0.15, 0.2) is 75.0 Å². The van der Waals surface area contributed by atoms with E-state index in [4.69, 9.17) is 9.47 Å². The second-order valence-corrected chi connectivity index (χ2v) is 9.71. The first-order chi connectivity index (χ1) is 16.5. The van der Waals surface area contributed by atoms with Crippen LogP contribution >= 0.6 is 22.7 Å². The molecule has 4 aromatic rings. The summed E-state index contributed by atoms with van der Waals surface area (Å²) in [6.45, 7) is 3.80. The quantitative estimate of drug-likeness (QED) is 0.396. The van der Waals surface area contributed by atoms with Crippen LogP contribution in [0.2, 0.25) is 0 Å². The number of rotatable bonds is 5. The van der Waals surface area contributed by atoms with Crippen LogP contribution in [0.3, 0.4) is 0 Å². The molecule has 8 heteroatoms. The molecule has 0 N–H and O–H groups in total. The van der Waals surface area contributed by atoms with Crippen LogP contribution in [0, 0.1) is 0 Å². The van der Waals surface area contributed by atoms with Crippen molar-refractivity contribution in [2.75, 3.05) is 13.7 Å². The van der Waals surface area contributed by atoms with E-state index in [9.17, 15) is 9.59 Å². The first-order valence-corrected chi connectivity index (χ1v) is 12.5. The molecule has 1 aliphatic rings. The second-order valence-electron chi connectivity index (χ2n) is 7.72. The Morgan fingerprint density at radius 2 is 2.00 bits per heavy atom. The molecule has 3 heterocycles. The Morgan fingerprint density at radius 3 is 2.74 bits per heavy atom. The number of methoxy groups -OCH3 is 1. The molecule has 0 bridgehead atoms. The smallest absolute Gasteiger partial charge is 0.338 e. The lowest BCUT2D eigenvalue weighted by molar-refractivity contribution is -0.139. The van der Waals surface area contributed by atoms with Crippen LogP contribution in [0.1, 0.15) is 30.3 Å². The highest BCUT2D eigenvalue weighted by Gasteiger charge is 2.33. The third-order valence-corrected chi connectivity index (χ3v) is 7.66. The predicted octanol–water partition coefficient (Wildman–Crippen LogP) is 4.02. The summed E-state index contributed by atoms with van der Waals surface area (Å²) in [7, 11) is 1.62.